The molecule has 0 unspecified atom stereocenters. The number of carbonyl (C=O) groups is 1. The maximum Gasteiger partial charge on any atom is 0.352 e. The third-order valence-electron chi connectivity index (χ3n) is 3.89. The minimum absolute atomic E-state index is 0.0985. The first kappa shape index (κ1) is 20.3. The first-order valence-corrected chi connectivity index (χ1v) is 9.85. The third-order valence-corrected chi connectivity index (χ3v) is 4.99. The molecule has 12 heteroatoms. The molecule has 0 radical (unpaired) electrons. The zero-order valence-electron chi connectivity index (χ0n) is 15.0. The van der Waals surface area contributed by atoms with Gasteiger partial charge in [0.2, 0.25) is 0 Å². The second-order valence-electron chi connectivity index (χ2n) is 5.82. The van der Waals surface area contributed by atoms with Crippen molar-refractivity contribution in [1.29, 1.82) is 0 Å². The lowest BCUT2D eigenvalue weighted by Crippen LogP contribution is -2.33. The summed E-state index contributed by atoms with van der Waals surface area (Å²) in [6.07, 6.45) is 2.45. The molecule has 0 spiro atoms. The van der Waals surface area contributed by atoms with Crippen LogP contribution in [0.25, 0.3) is 11.5 Å². The van der Waals surface area contributed by atoms with E-state index in [1.54, 1.807) is 12.1 Å². The van der Waals surface area contributed by atoms with Gasteiger partial charge in [0.05, 0.1) is 7.11 Å². The van der Waals surface area contributed by atoms with Crippen LogP contribution in [-0.4, -0.2) is 43.0 Å². The van der Waals surface area contributed by atoms with Crippen molar-refractivity contribution in [2.75, 3.05) is 7.11 Å². The summed E-state index contributed by atoms with van der Waals surface area (Å²) in [5.41, 5.74) is -0.766. The summed E-state index contributed by atoms with van der Waals surface area (Å²) in [5.74, 6) is -2.07. The Hall–Kier alpha value is -3.40. The summed E-state index contributed by atoms with van der Waals surface area (Å²) < 4.78 is 16.9. The molecule has 4 N–H and O–H groups in total. The van der Waals surface area contributed by atoms with Gasteiger partial charge in [-0.05, 0) is 29.8 Å². The Bertz CT molecular complexity index is 1110. The van der Waals surface area contributed by atoms with Crippen LogP contribution >= 0.6 is 7.60 Å². The number of methoxy groups -OCH3 is 1. The molecule has 11 nitrogen and oxygen atoms in total. The van der Waals surface area contributed by atoms with Crippen LogP contribution in [-0.2, 0) is 4.57 Å². The van der Waals surface area contributed by atoms with Crippen LogP contribution in [0.3, 0.4) is 0 Å². The number of rotatable bonds is 6. The fraction of sp³-hybridized carbons (Fsp3) is 0.118. The Labute approximate surface area is 164 Å². The molecule has 3 aromatic rings. The topological polar surface area (TPSA) is 167 Å². The van der Waals surface area contributed by atoms with Gasteiger partial charge in [-0.2, -0.15) is 5.10 Å². The summed E-state index contributed by atoms with van der Waals surface area (Å²) >= 11 is 0. The highest BCUT2D eigenvalue weighted by Crippen LogP contribution is 2.50. The predicted octanol–water partition coefficient (Wildman–Crippen LogP) is 0.842. The summed E-state index contributed by atoms with van der Waals surface area (Å²) in [7, 11) is -3.35. The largest absolute Gasteiger partial charge is 0.497 e. The molecular formula is C17H16N5O6P. The number of aromatic nitrogens is 4. The van der Waals surface area contributed by atoms with Crippen molar-refractivity contribution in [2.24, 2.45) is 0 Å². The quantitative estimate of drug-likeness (QED) is 0.425. The molecule has 0 saturated carbocycles. The smallest absolute Gasteiger partial charge is 0.352 e. The van der Waals surface area contributed by atoms with Crippen molar-refractivity contribution in [3.63, 3.8) is 0 Å². The minimum atomic E-state index is -4.79. The average molecular weight is 417 g/mol. The molecule has 2 heterocycles. The van der Waals surface area contributed by atoms with Crippen LogP contribution in [0.1, 0.15) is 21.7 Å². The van der Waals surface area contributed by atoms with E-state index in [1.165, 1.54) is 37.6 Å². The van der Waals surface area contributed by atoms with Crippen LogP contribution in [0.5, 0.6) is 5.75 Å². The summed E-state index contributed by atoms with van der Waals surface area (Å²) in [4.78, 5) is 50.5. The number of hydrogen-bond acceptors (Lipinski definition) is 7. The molecule has 1 atom stereocenters. The lowest BCUT2D eigenvalue weighted by Gasteiger charge is -2.20. The number of carbonyl (C=O) groups excluding carboxylic acids is 1. The van der Waals surface area contributed by atoms with Gasteiger partial charge in [-0.1, -0.05) is 12.1 Å². The number of aromatic amines is 1. The molecular weight excluding hydrogens is 401 g/mol. The van der Waals surface area contributed by atoms with Crippen LogP contribution < -0.4 is 15.6 Å². The molecule has 0 bridgehead atoms. The Morgan fingerprint density at radius 3 is 2.52 bits per heavy atom. The number of nitrogens with zero attached hydrogens (tertiary/aromatic N) is 3. The van der Waals surface area contributed by atoms with Gasteiger partial charge in [0.25, 0.3) is 11.5 Å². The van der Waals surface area contributed by atoms with Crippen molar-refractivity contribution in [2.45, 2.75) is 5.78 Å². The molecule has 0 fully saturated rings. The fourth-order valence-electron chi connectivity index (χ4n) is 2.46. The molecule has 1 aromatic carbocycles. The zero-order chi connectivity index (χ0) is 21.0. The zero-order valence-corrected chi connectivity index (χ0v) is 15.9. The monoisotopic (exact) mass is 417 g/mol. The Morgan fingerprint density at radius 2 is 1.97 bits per heavy atom. The summed E-state index contributed by atoms with van der Waals surface area (Å²) in [6, 6.07) is 8.97. The van der Waals surface area contributed by atoms with Crippen molar-refractivity contribution in [3.05, 3.63) is 70.3 Å². The van der Waals surface area contributed by atoms with Gasteiger partial charge in [0.15, 0.2) is 11.6 Å². The van der Waals surface area contributed by atoms with Gasteiger partial charge in [-0.3, -0.25) is 14.2 Å². The van der Waals surface area contributed by atoms with Crippen LogP contribution in [0.4, 0.5) is 0 Å². The molecule has 1 amide bonds. The van der Waals surface area contributed by atoms with Gasteiger partial charge >= 0.3 is 7.60 Å². The Kier molecular flexibility index (Phi) is 5.83. The number of benzene rings is 1. The number of nitrogens with one attached hydrogen (secondary N) is 2. The van der Waals surface area contributed by atoms with E-state index in [0.717, 1.165) is 6.20 Å². The average Bonchev–Trinajstić information content (AvgIpc) is 2.71. The molecule has 0 saturated heterocycles. The van der Waals surface area contributed by atoms with E-state index in [0.29, 0.717) is 11.4 Å². The van der Waals surface area contributed by atoms with Gasteiger partial charge in [-0.25, -0.2) is 4.98 Å². The maximum atomic E-state index is 12.5. The summed E-state index contributed by atoms with van der Waals surface area (Å²) in [5, 5.41) is 9.67. The third kappa shape index (κ3) is 4.72. The van der Waals surface area contributed by atoms with Crippen molar-refractivity contribution in [1.82, 2.24) is 25.5 Å². The summed E-state index contributed by atoms with van der Waals surface area (Å²) in [6.45, 7) is 0. The molecule has 29 heavy (non-hydrogen) atoms. The first-order chi connectivity index (χ1) is 13.8. The van der Waals surface area contributed by atoms with E-state index in [2.05, 4.69) is 25.5 Å². The standard InChI is InChI=1S/C17H16N5O6P/c1-28-11-6-4-10(5-7-11)17(29(25,26)27)21-16(24)12-9-18-14(20-15(12)23)13-3-2-8-19-22-13/h2-9,17H,1H3,(H,21,24)(H,18,20,23)(H2,25,26,27)/t17-/m0/s1. The number of hydrogen-bond donors (Lipinski definition) is 4. The lowest BCUT2D eigenvalue weighted by atomic mass is 10.2. The highest BCUT2D eigenvalue weighted by atomic mass is 31.2. The second-order valence-corrected chi connectivity index (χ2v) is 7.52. The maximum absolute atomic E-state index is 12.5. The highest BCUT2D eigenvalue weighted by Gasteiger charge is 2.33. The lowest BCUT2D eigenvalue weighted by molar-refractivity contribution is 0.0941. The van der Waals surface area contributed by atoms with Crippen LogP contribution in [0.15, 0.2) is 53.6 Å². The van der Waals surface area contributed by atoms with Crippen LogP contribution in [0, 0.1) is 0 Å². The van der Waals surface area contributed by atoms with E-state index in [4.69, 9.17) is 4.74 Å². The molecule has 2 aromatic heterocycles. The molecule has 0 aliphatic carbocycles. The van der Waals surface area contributed by atoms with Crippen molar-refractivity contribution >= 4 is 13.5 Å². The van der Waals surface area contributed by atoms with Crippen molar-refractivity contribution in [3.8, 4) is 17.3 Å². The van der Waals surface area contributed by atoms with E-state index < -0.39 is 30.4 Å². The van der Waals surface area contributed by atoms with Crippen LogP contribution in [0.2, 0.25) is 0 Å². The minimum Gasteiger partial charge on any atom is -0.497 e. The Balaban J connectivity index is 1.88. The van der Waals surface area contributed by atoms with E-state index in [1.807, 2.05) is 0 Å². The normalized spacial score (nSPS) is 12.2. The van der Waals surface area contributed by atoms with Gasteiger partial charge in [0.1, 0.15) is 17.0 Å². The molecule has 0 aliphatic heterocycles. The van der Waals surface area contributed by atoms with Crippen molar-refractivity contribution < 1.29 is 23.9 Å². The SMILES string of the molecule is COc1ccc([C@@H](NC(=O)c2cnc(-c3cccnn3)[nH]c2=O)P(=O)(O)O)cc1. The number of H-pyrrole nitrogens is 1. The van der Waals surface area contributed by atoms with Gasteiger partial charge in [-0.15, -0.1) is 5.10 Å². The van der Waals surface area contributed by atoms with E-state index in [9.17, 15) is 23.9 Å². The molecule has 150 valence electrons. The number of ether oxygens (including phenoxy) is 1. The predicted molar refractivity (Wildman–Crippen MR) is 101 cm³/mol. The van der Waals surface area contributed by atoms with E-state index in [-0.39, 0.29) is 11.4 Å². The first-order valence-electron chi connectivity index (χ1n) is 8.17. The fourth-order valence-corrected chi connectivity index (χ4v) is 3.31. The Morgan fingerprint density at radius 1 is 1.24 bits per heavy atom. The highest BCUT2D eigenvalue weighted by molar-refractivity contribution is 7.52. The molecule has 3 rings (SSSR count). The second kappa shape index (κ2) is 8.31. The van der Waals surface area contributed by atoms with E-state index >= 15 is 0 Å². The van der Waals surface area contributed by atoms with Gasteiger partial charge in [0, 0.05) is 12.4 Å². The molecule has 0 aliphatic rings. The number of amides is 1. The van der Waals surface area contributed by atoms with Gasteiger partial charge < -0.3 is 24.8 Å².